The van der Waals surface area contributed by atoms with E-state index in [4.69, 9.17) is 0 Å². The summed E-state index contributed by atoms with van der Waals surface area (Å²) in [5.41, 5.74) is 1.40. The van der Waals surface area contributed by atoms with Crippen LogP contribution < -0.4 is 10.6 Å². The van der Waals surface area contributed by atoms with Gasteiger partial charge in [0.05, 0.1) is 11.7 Å². The molecule has 0 bridgehead atoms. The zero-order chi connectivity index (χ0) is 17.1. The summed E-state index contributed by atoms with van der Waals surface area (Å²) in [6.07, 6.45) is 6.75. The van der Waals surface area contributed by atoms with Crippen molar-refractivity contribution in [3.8, 4) is 0 Å². The van der Waals surface area contributed by atoms with E-state index in [0.29, 0.717) is 17.7 Å². The molecule has 25 heavy (non-hydrogen) atoms. The SMILES string of the molecule is Cc1c(C(=O)NC2CCCC(C(C)C)C2)nnn1C1CCNCC1.Cl. The normalized spacial score (nSPS) is 24.8. The van der Waals surface area contributed by atoms with Crippen molar-refractivity contribution >= 4 is 18.3 Å². The third-order valence-electron chi connectivity index (χ3n) is 5.79. The Balaban J connectivity index is 0.00000225. The Kier molecular flexibility index (Phi) is 7.25. The number of rotatable bonds is 4. The van der Waals surface area contributed by atoms with Crippen molar-refractivity contribution in [3.05, 3.63) is 11.4 Å². The first-order valence-corrected chi connectivity index (χ1v) is 9.49. The number of halogens is 1. The maximum atomic E-state index is 12.7. The van der Waals surface area contributed by atoms with E-state index in [9.17, 15) is 4.79 Å². The topological polar surface area (TPSA) is 71.8 Å². The van der Waals surface area contributed by atoms with Crippen LogP contribution in [0.1, 0.15) is 74.6 Å². The fourth-order valence-electron chi connectivity index (χ4n) is 4.17. The third-order valence-corrected chi connectivity index (χ3v) is 5.79. The van der Waals surface area contributed by atoms with Gasteiger partial charge in [0, 0.05) is 6.04 Å². The second kappa shape index (κ2) is 8.99. The van der Waals surface area contributed by atoms with Crippen LogP contribution in [0.5, 0.6) is 0 Å². The van der Waals surface area contributed by atoms with Gasteiger partial charge in [0.25, 0.3) is 5.91 Å². The Morgan fingerprint density at radius 2 is 1.96 bits per heavy atom. The van der Waals surface area contributed by atoms with E-state index in [1.165, 1.54) is 12.8 Å². The van der Waals surface area contributed by atoms with Crippen LogP contribution in [0.25, 0.3) is 0 Å². The average Bonchev–Trinajstić information content (AvgIpc) is 2.97. The fourth-order valence-corrected chi connectivity index (χ4v) is 4.17. The molecule has 0 radical (unpaired) electrons. The minimum atomic E-state index is -0.0536. The number of aromatic nitrogens is 3. The molecule has 1 saturated heterocycles. The summed E-state index contributed by atoms with van der Waals surface area (Å²) in [6.45, 7) is 8.54. The lowest BCUT2D eigenvalue weighted by molar-refractivity contribution is 0.0907. The quantitative estimate of drug-likeness (QED) is 0.856. The average molecular weight is 370 g/mol. The number of hydrogen-bond donors (Lipinski definition) is 2. The molecular weight excluding hydrogens is 338 g/mol. The van der Waals surface area contributed by atoms with Crippen LogP contribution >= 0.6 is 12.4 Å². The zero-order valence-electron chi connectivity index (χ0n) is 15.6. The van der Waals surface area contributed by atoms with Crippen molar-refractivity contribution in [1.82, 2.24) is 25.6 Å². The number of nitrogens with one attached hydrogen (secondary N) is 2. The van der Waals surface area contributed by atoms with Crippen molar-refractivity contribution in [2.45, 2.75) is 71.4 Å². The molecule has 1 amide bonds. The van der Waals surface area contributed by atoms with Gasteiger partial charge in [-0.25, -0.2) is 4.68 Å². The fraction of sp³-hybridized carbons (Fsp3) is 0.833. The lowest BCUT2D eigenvalue weighted by atomic mass is 9.79. The van der Waals surface area contributed by atoms with E-state index in [1.807, 2.05) is 11.6 Å². The summed E-state index contributed by atoms with van der Waals surface area (Å²) in [4.78, 5) is 12.7. The maximum Gasteiger partial charge on any atom is 0.273 e. The number of amides is 1. The molecule has 1 aliphatic carbocycles. The van der Waals surface area contributed by atoms with Gasteiger partial charge in [-0.2, -0.15) is 0 Å². The Morgan fingerprint density at radius 3 is 2.64 bits per heavy atom. The molecule has 1 aromatic heterocycles. The maximum absolute atomic E-state index is 12.7. The highest BCUT2D eigenvalue weighted by molar-refractivity contribution is 5.93. The Labute approximate surface area is 156 Å². The molecule has 2 atom stereocenters. The Hall–Kier alpha value is -1.14. The Bertz CT molecular complexity index is 568. The predicted molar refractivity (Wildman–Crippen MR) is 101 cm³/mol. The van der Waals surface area contributed by atoms with Crippen molar-refractivity contribution in [2.24, 2.45) is 11.8 Å². The summed E-state index contributed by atoms with van der Waals surface area (Å²) < 4.78 is 1.95. The van der Waals surface area contributed by atoms with Gasteiger partial charge < -0.3 is 10.6 Å². The first-order valence-electron chi connectivity index (χ1n) is 9.49. The molecule has 1 aliphatic heterocycles. The van der Waals surface area contributed by atoms with E-state index >= 15 is 0 Å². The standard InChI is InChI=1S/C18H31N5O.ClH/c1-12(2)14-5-4-6-15(11-14)20-18(24)17-13(3)23(22-21-17)16-7-9-19-10-8-16;/h12,14-16,19H,4-11H2,1-3H3,(H,20,24);1H. The number of piperidine rings is 1. The summed E-state index contributed by atoms with van der Waals surface area (Å²) >= 11 is 0. The van der Waals surface area contributed by atoms with E-state index in [-0.39, 0.29) is 24.4 Å². The van der Waals surface area contributed by atoms with Crippen LogP contribution in [-0.4, -0.2) is 40.0 Å². The lowest BCUT2D eigenvalue weighted by Crippen LogP contribution is -2.39. The van der Waals surface area contributed by atoms with Gasteiger partial charge >= 0.3 is 0 Å². The van der Waals surface area contributed by atoms with Gasteiger partial charge in [-0.15, -0.1) is 17.5 Å². The highest BCUT2D eigenvalue weighted by atomic mass is 35.5. The van der Waals surface area contributed by atoms with Gasteiger partial charge in [-0.05, 0) is 57.5 Å². The summed E-state index contributed by atoms with van der Waals surface area (Å²) in [5, 5.41) is 15.0. The molecule has 0 spiro atoms. The molecule has 2 heterocycles. The van der Waals surface area contributed by atoms with Gasteiger partial charge in [0.1, 0.15) is 0 Å². The van der Waals surface area contributed by atoms with E-state index in [1.54, 1.807) is 0 Å². The lowest BCUT2D eigenvalue weighted by Gasteiger charge is -2.32. The molecule has 7 heteroatoms. The molecule has 0 aromatic carbocycles. The monoisotopic (exact) mass is 369 g/mol. The summed E-state index contributed by atoms with van der Waals surface area (Å²) in [6, 6.07) is 0.641. The predicted octanol–water partition coefficient (Wildman–Crippen LogP) is 2.88. The number of carbonyl (C=O) groups is 1. The first-order chi connectivity index (χ1) is 11.6. The molecule has 2 fully saturated rings. The highest BCUT2D eigenvalue weighted by Gasteiger charge is 2.28. The largest absolute Gasteiger partial charge is 0.348 e. The first kappa shape index (κ1) is 20.2. The minimum absolute atomic E-state index is 0. The minimum Gasteiger partial charge on any atom is -0.348 e. The van der Waals surface area contributed by atoms with Crippen molar-refractivity contribution < 1.29 is 4.79 Å². The molecular formula is C18H32ClN5O. The van der Waals surface area contributed by atoms with Crippen molar-refractivity contribution in [1.29, 1.82) is 0 Å². The van der Waals surface area contributed by atoms with Gasteiger partial charge in [-0.1, -0.05) is 31.9 Å². The number of hydrogen-bond acceptors (Lipinski definition) is 4. The van der Waals surface area contributed by atoms with Crippen LogP contribution in [0, 0.1) is 18.8 Å². The molecule has 1 aromatic rings. The number of carbonyl (C=O) groups excluding carboxylic acids is 1. The highest BCUT2D eigenvalue weighted by Crippen LogP contribution is 2.30. The smallest absolute Gasteiger partial charge is 0.273 e. The summed E-state index contributed by atoms with van der Waals surface area (Å²) in [7, 11) is 0. The van der Waals surface area contributed by atoms with Gasteiger partial charge in [-0.3, -0.25) is 4.79 Å². The van der Waals surface area contributed by atoms with Crippen LogP contribution in [0.15, 0.2) is 0 Å². The van der Waals surface area contributed by atoms with Crippen molar-refractivity contribution in [2.75, 3.05) is 13.1 Å². The zero-order valence-corrected chi connectivity index (χ0v) is 16.4. The third kappa shape index (κ3) is 4.73. The molecule has 2 N–H and O–H groups in total. The van der Waals surface area contributed by atoms with Crippen LogP contribution in [0.3, 0.4) is 0 Å². The van der Waals surface area contributed by atoms with Gasteiger partial charge in [0.2, 0.25) is 0 Å². The molecule has 1 saturated carbocycles. The van der Waals surface area contributed by atoms with Crippen LogP contribution in [0.4, 0.5) is 0 Å². The molecule has 2 unspecified atom stereocenters. The Morgan fingerprint density at radius 1 is 1.24 bits per heavy atom. The second-order valence-corrected chi connectivity index (χ2v) is 7.79. The number of nitrogens with zero attached hydrogens (tertiary/aromatic N) is 3. The second-order valence-electron chi connectivity index (χ2n) is 7.79. The van der Waals surface area contributed by atoms with Crippen LogP contribution in [-0.2, 0) is 0 Å². The molecule has 6 nitrogen and oxygen atoms in total. The van der Waals surface area contributed by atoms with E-state index in [0.717, 1.165) is 50.4 Å². The van der Waals surface area contributed by atoms with Gasteiger partial charge in [0.15, 0.2) is 5.69 Å². The van der Waals surface area contributed by atoms with Crippen LogP contribution in [0.2, 0.25) is 0 Å². The van der Waals surface area contributed by atoms with E-state index < -0.39 is 0 Å². The van der Waals surface area contributed by atoms with E-state index in [2.05, 4.69) is 34.8 Å². The van der Waals surface area contributed by atoms with Crippen molar-refractivity contribution in [3.63, 3.8) is 0 Å². The summed E-state index contributed by atoms with van der Waals surface area (Å²) in [5.74, 6) is 1.35. The molecule has 142 valence electrons. The molecule has 2 aliphatic rings. The molecule has 3 rings (SSSR count).